The van der Waals surface area contributed by atoms with Gasteiger partial charge in [-0.3, -0.25) is 0 Å². The Morgan fingerprint density at radius 1 is 1.42 bits per heavy atom. The van der Waals surface area contributed by atoms with Gasteiger partial charge in [0.05, 0.1) is 0 Å². The fraction of sp³-hybridized carbons (Fsp3) is 0.250. The molecule has 0 atom stereocenters. The number of ether oxygens (including phenoxy) is 1. The molecule has 12 heavy (non-hydrogen) atoms. The maximum Gasteiger partial charge on any atom is 0.387 e. The van der Waals surface area contributed by atoms with E-state index in [9.17, 15) is 8.78 Å². The van der Waals surface area contributed by atoms with Crippen molar-refractivity contribution in [2.24, 2.45) is 0 Å². The number of aryl methyl sites for hydroxylation is 1. The monoisotopic (exact) mass is 192 g/mol. The van der Waals surface area contributed by atoms with Crippen molar-refractivity contribution in [1.82, 2.24) is 0 Å². The summed E-state index contributed by atoms with van der Waals surface area (Å²) in [5.41, 5.74) is 0.832. The van der Waals surface area contributed by atoms with Gasteiger partial charge in [0.25, 0.3) is 0 Å². The van der Waals surface area contributed by atoms with Crippen molar-refractivity contribution in [1.29, 1.82) is 0 Å². The van der Waals surface area contributed by atoms with Gasteiger partial charge >= 0.3 is 6.61 Å². The van der Waals surface area contributed by atoms with E-state index in [1.165, 1.54) is 12.1 Å². The van der Waals surface area contributed by atoms with Crippen LogP contribution in [0.1, 0.15) is 5.56 Å². The molecule has 0 heterocycles. The molecule has 1 nitrogen and oxygen atoms in total. The second kappa shape index (κ2) is 3.72. The lowest BCUT2D eigenvalue weighted by Gasteiger charge is -2.05. The third kappa shape index (κ3) is 2.34. The zero-order valence-corrected chi connectivity index (χ0v) is 7.11. The first-order chi connectivity index (χ1) is 5.59. The summed E-state index contributed by atoms with van der Waals surface area (Å²) in [6.45, 7) is -1.02. The molecule has 0 saturated carbocycles. The second-order valence-electron chi connectivity index (χ2n) is 2.29. The Balaban J connectivity index is 2.82. The van der Waals surface area contributed by atoms with E-state index in [2.05, 4.69) is 4.74 Å². The van der Waals surface area contributed by atoms with Gasteiger partial charge in [-0.05, 0) is 24.6 Å². The van der Waals surface area contributed by atoms with Crippen LogP contribution in [0.25, 0.3) is 0 Å². The van der Waals surface area contributed by atoms with E-state index in [0.717, 1.165) is 5.56 Å². The molecular weight excluding hydrogens is 186 g/mol. The van der Waals surface area contributed by atoms with Crippen molar-refractivity contribution in [3.8, 4) is 5.75 Å². The first-order valence-electron chi connectivity index (χ1n) is 3.30. The largest absolute Gasteiger partial charge is 0.435 e. The maximum atomic E-state index is 11.7. The summed E-state index contributed by atoms with van der Waals surface area (Å²) < 4.78 is 27.5. The lowest BCUT2D eigenvalue weighted by atomic mass is 10.2. The molecule has 0 amide bonds. The molecule has 0 aliphatic rings. The fourth-order valence-corrected chi connectivity index (χ4v) is 0.920. The van der Waals surface area contributed by atoms with E-state index in [1.54, 1.807) is 13.0 Å². The molecule has 0 unspecified atom stereocenters. The fourth-order valence-electron chi connectivity index (χ4n) is 0.750. The van der Waals surface area contributed by atoms with E-state index in [4.69, 9.17) is 11.6 Å². The van der Waals surface area contributed by atoms with Crippen molar-refractivity contribution < 1.29 is 13.5 Å². The van der Waals surface area contributed by atoms with Crippen LogP contribution in [0.2, 0.25) is 5.02 Å². The normalized spacial score (nSPS) is 10.4. The molecule has 0 fully saturated rings. The number of benzene rings is 1. The summed E-state index contributed by atoms with van der Waals surface area (Å²) >= 11 is 5.67. The van der Waals surface area contributed by atoms with Gasteiger partial charge < -0.3 is 4.74 Å². The van der Waals surface area contributed by atoms with Crippen LogP contribution in [0.4, 0.5) is 8.78 Å². The van der Waals surface area contributed by atoms with E-state index in [0.29, 0.717) is 5.02 Å². The molecular formula is C8H7ClF2O. The van der Waals surface area contributed by atoms with Crippen molar-refractivity contribution in [2.75, 3.05) is 0 Å². The van der Waals surface area contributed by atoms with Crippen LogP contribution >= 0.6 is 11.6 Å². The Morgan fingerprint density at radius 3 is 2.58 bits per heavy atom. The van der Waals surface area contributed by atoms with Crippen LogP contribution in [0.3, 0.4) is 0 Å². The van der Waals surface area contributed by atoms with Crippen molar-refractivity contribution in [3.63, 3.8) is 0 Å². The van der Waals surface area contributed by atoms with E-state index in [1.807, 2.05) is 0 Å². The number of alkyl halides is 2. The predicted molar refractivity (Wildman–Crippen MR) is 42.8 cm³/mol. The molecule has 0 aliphatic heterocycles. The highest BCUT2D eigenvalue weighted by atomic mass is 35.5. The summed E-state index contributed by atoms with van der Waals surface area (Å²) in [5, 5.41) is 0.424. The number of hydrogen-bond donors (Lipinski definition) is 0. The topological polar surface area (TPSA) is 9.23 Å². The Bertz CT molecular complexity index is 276. The summed E-state index contributed by atoms with van der Waals surface area (Å²) in [6.07, 6.45) is 0. The molecule has 0 saturated heterocycles. The molecule has 66 valence electrons. The molecule has 4 heteroatoms. The molecule has 0 bridgehead atoms. The average Bonchev–Trinajstić information content (AvgIpc) is 1.96. The van der Waals surface area contributed by atoms with E-state index in [-0.39, 0.29) is 5.75 Å². The third-order valence-corrected chi connectivity index (χ3v) is 1.78. The highest BCUT2D eigenvalue weighted by Gasteiger charge is 2.04. The van der Waals surface area contributed by atoms with E-state index >= 15 is 0 Å². The van der Waals surface area contributed by atoms with E-state index < -0.39 is 6.61 Å². The summed E-state index contributed by atoms with van der Waals surface area (Å²) in [6, 6.07) is 4.44. The molecule has 0 N–H and O–H groups in total. The highest BCUT2D eigenvalue weighted by molar-refractivity contribution is 6.31. The molecule has 1 aromatic rings. The number of rotatable bonds is 2. The van der Waals surface area contributed by atoms with Crippen LogP contribution in [0.5, 0.6) is 5.75 Å². The molecule has 0 spiro atoms. The van der Waals surface area contributed by atoms with Crippen molar-refractivity contribution in [2.45, 2.75) is 13.5 Å². The number of hydrogen-bond acceptors (Lipinski definition) is 1. The van der Waals surface area contributed by atoms with Crippen LogP contribution < -0.4 is 4.74 Å². The quantitative estimate of drug-likeness (QED) is 0.699. The minimum Gasteiger partial charge on any atom is -0.435 e. The summed E-state index contributed by atoms with van der Waals surface area (Å²) in [4.78, 5) is 0. The Morgan fingerprint density at radius 2 is 2.08 bits per heavy atom. The maximum absolute atomic E-state index is 11.7. The zero-order valence-electron chi connectivity index (χ0n) is 6.35. The molecule has 1 rings (SSSR count). The first-order valence-corrected chi connectivity index (χ1v) is 3.68. The molecule has 1 aromatic carbocycles. The molecule has 0 aromatic heterocycles. The molecule has 0 radical (unpaired) electrons. The zero-order chi connectivity index (χ0) is 9.14. The van der Waals surface area contributed by atoms with Gasteiger partial charge in [0, 0.05) is 5.02 Å². The lowest BCUT2D eigenvalue weighted by Crippen LogP contribution is -2.01. The smallest absolute Gasteiger partial charge is 0.387 e. The second-order valence-corrected chi connectivity index (χ2v) is 2.70. The standard InChI is InChI=1S/C8H7ClF2O/c1-5-2-3-6(4-7(5)9)12-8(10)11/h2-4,8H,1H3. The Labute approximate surface area is 73.9 Å². The van der Waals surface area contributed by atoms with Gasteiger partial charge in [-0.1, -0.05) is 17.7 Å². The van der Waals surface area contributed by atoms with Gasteiger partial charge in [0.2, 0.25) is 0 Å². The molecule has 0 aliphatic carbocycles. The minimum absolute atomic E-state index is 0.0839. The number of halogens is 3. The van der Waals surface area contributed by atoms with Crippen LogP contribution in [-0.4, -0.2) is 6.61 Å². The Kier molecular flexibility index (Phi) is 2.87. The average molecular weight is 193 g/mol. The van der Waals surface area contributed by atoms with Crippen LogP contribution in [-0.2, 0) is 0 Å². The van der Waals surface area contributed by atoms with Crippen molar-refractivity contribution in [3.05, 3.63) is 28.8 Å². The van der Waals surface area contributed by atoms with Gasteiger partial charge in [-0.2, -0.15) is 8.78 Å². The van der Waals surface area contributed by atoms with Gasteiger partial charge in [0.1, 0.15) is 5.75 Å². The Hall–Kier alpha value is -0.830. The van der Waals surface area contributed by atoms with Crippen LogP contribution in [0, 0.1) is 6.92 Å². The summed E-state index contributed by atoms with van der Waals surface area (Å²) in [5.74, 6) is 0.0839. The first kappa shape index (κ1) is 9.26. The predicted octanol–water partition coefficient (Wildman–Crippen LogP) is 3.25. The highest BCUT2D eigenvalue weighted by Crippen LogP contribution is 2.22. The third-order valence-electron chi connectivity index (χ3n) is 1.37. The lowest BCUT2D eigenvalue weighted by molar-refractivity contribution is -0.0498. The van der Waals surface area contributed by atoms with Crippen LogP contribution in [0.15, 0.2) is 18.2 Å². The van der Waals surface area contributed by atoms with Gasteiger partial charge in [-0.25, -0.2) is 0 Å². The van der Waals surface area contributed by atoms with Crippen molar-refractivity contribution >= 4 is 11.6 Å². The van der Waals surface area contributed by atoms with Gasteiger partial charge in [-0.15, -0.1) is 0 Å². The summed E-state index contributed by atoms with van der Waals surface area (Å²) in [7, 11) is 0. The minimum atomic E-state index is -2.80. The SMILES string of the molecule is Cc1ccc(OC(F)F)cc1Cl. The van der Waals surface area contributed by atoms with Gasteiger partial charge in [0.15, 0.2) is 0 Å².